The van der Waals surface area contributed by atoms with Gasteiger partial charge in [-0.15, -0.1) is 0 Å². The van der Waals surface area contributed by atoms with E-state index in [1.54, 1.807) is 36.3 Å². The number of hydrogen-bond donors (Lipinski definition) is 1. The summed E-state index contributed by atoms with van der Waals surface area (Å²) in [5.41, 5.74) is 3.72. The molecule has 4 rings (SSSR count). The number of likely N-dealkylation sites (N-methyl/N-ethyl adjacent to an activating group) is 1. The SMILES string of the molecule is COc1ccc(-c2ccc(OCCN(C)C)c(C=C3SC(=S)N(CCc4ccc(C(=O)O)cc4)C3=O)c2)cc1Cl. The lowest BCUT2D eigenvalue weighted by Gasteiger charge is -2.15. The second-order valence-electron chi connectivity index (χ2n) is 9.34. The zero-order chi connectivity index (χ0) is 28.8. The largest absolute Gasteiger partial charge is 0.495 e. The summed E-state index contributed by atoms with van der Waals surface area (Å²) in [6.07, 6.45) is 2.37. The number of carbonyl (C=O) groups excluding carboxylic acids is 1. The third-order valence-corrected chi connectivity index (χ3v) is 7.95. The Balaban J connectivity index is 1.58. The third kappa shape index (κ3) is 7.22. The van der Waals surface area contributed by atoms with Crippen molar-refractivity contribution in [3.63, 3.8) is 0 Å². The van der Waals surface area contributed by atoms with Gasteiger partial charge in [0.25, 0.3) is 5.91 Å². The molecule has 3 aromatic rings. The maximum Gasteiger partial charge on any atom is 0.335 e. The molecule has 1 N–H and O–H groups in total. The molecule has 0 bridgehead atoms. The van der Waals surface area contributed by atoms with Gasteiger partial charge in [0.1, 0.15) is 22.4 Å². The molecule has 0 aliphatic carbocycles. The number of carboxylic acid groups (broad SMARTS) is 1. The van der Waals surface area contributed by atoms with Crippen LogP contribution in [0.15, 0.2) is 65.6 Å². The molecule has 1 fully saturated rings. The van der Waals surface area contributed by atoms with Crippen molar-refractivity contribution in [2.45, 2.75) is 6.42 Å². The highest BCUT2D eigenvalue weighted by Gasteiger charge is 2.32. The van der Waals surface area contributed by atoms with Crippen LogP contribution in [0.5, 0.6) is 11.5 Å². The first-order chi connectivity index (χ1) is 19.2. The van der Waals surface area contributed by atoms with Gasteiger partial charge in [0.2, 0.25) is 0 Å². The second-order valence-corrected chi connectivity index (χ2v) is 11.4. The summed E-state index contributed by atoms with van der Waals surface area (Å²) in [6, 6.07) is 18.0. The van der Waals surface area contributed by atoms with E-state index in [1.807, 2.05) is 61.5 Å². The molecule has 0 radical (unpaired) electrons. The molecule has 1 heterocycles. The molecule has 0 saturated carbocycles. The van der Waals surface area contributed by atoms with Crippen molar-refractivity contribution < 1.29 is 24.2 Å². The molecule has 1 amide bonds. The predicted octanol–water partition coefficient (Wildman–Crippen LogP) is 6.10. The monoisotopic (exact) mass is 596 g/mol. The van der Waals surface area contributed by atoms with Crippen LogP contribution >= 0.6 is 35.6 Å². The predicted molar refractivity (Wildman–Crippen MR) is 164 cm³/mol. The number of thiocarbonyl (C=S) groups is 1. The van der Waals surface area contributed by atoms with Crippen LogP contribution in [0.1, 0.15) is 21.5 Å². The van der Waals surface area contributed by atoms with E-state index in [1.165, 1.54) is 11.8 Å². The molecule has 1 saturated heterocycles. The Morgan fingerprint density at radius 3 is 2.38 bits per heavy atom. The molecular formula is C30H29ClN2O5S2. The van der Waals surface area contributed by atoms with E-state index in [-0.39, 0.29) is 11.5 Å². The molecule has 3 aromatic carbocycles. The minimum atomic E-state index is -0.974. The Bertz CT molecular complexity index is 1460. The quantitative estimate of drug-likeness (QED) is 0.210. The number of benzene rings is 3. The van der Waals surface area contributed by atoms with Gasteiger partial charge in [-0.3, -0.25) is 9.69 Å². The smallest absolute Gasteiger partial charge is 0.335 e. The number of carboxylic acids is 1. The summed E-state index contributed by atoms with van der Waals surface area (Å²) in [5, 5.41) is 9.61. The van der Waals surface area contributed by atoms with Gasteiger partial charge in [-0.05, 0) is 79.7 Å². The van der Waals surface area contributed by atoms with Crippen molar-refractivity contribution in [3.05, 3.63) is 87.3 Å². The maximum absolute atomic E-state index is 13.4. The molecule has 10 heteroatoms. The lowest BCUT2D eigenvalue weighted by Crippen LogP contribution is -2.30. The van der Waals surface area contributed by atoms with E-state index in [4.69, 9.17) is 38.4 Å². The van der Waals surface area contributed by atoms with E-state index < -0.39 is 5.97 Å². The summed E-state index contributed by atoms with van der Waals surface area (Å²) in [6.45, 7) is 1.62. The van der Waals surface area contributed by atoms with Gasteiger partial charge >= 0.3 is 5.97 Å². The van der Waals surface area contributed by atoms with E-state index >= 15 is 0 Å². The van der Waals surface area contributed by atoms with Gasteiger partial charge in [-0.25, -0.2) is 4.79 Å². The Morgan fingerprint density at radius 1 is 1.07 bits per heavy atom. The Labute approximate surface area is 248 Å². The zero-order valence-corrected chi connectivity index (χ0v) is 24.7. The van der Waals surface area contributed by atoms with E-state index in [0.717, 1.165) is 28.8 Å². The van der Waals surface area contributed by atoms with E-state index in [2.05, 4.69) is 0 Å². The van der Waals surface area contributed by atoms with Gasteiger partial charge < -0.3 is 19.5 Å². The molecule has 1 aliphatic heterocycles. The van der Waals surface area contributed by atoms with Crippen molar-refractivity contribution in [1.29, 1.82) is 0 Å². The normalized spacial score (nSPS) is 14.3. The number of methoxy groups -OCH3 is 1. The molecule has 1 aliphatic rings. The fourth-order valence-corrected chi connectivity index (χ4v) is 5.60. The van der Waals surface area contributed by atoms with Crippen molar-refractivity contribution >= 4 is 57.9 Å². The van der Waals surface area contributed by atoms with Crippen molar-refractivity contribution in [1.82, 2.24) is 9.80 Å². The summed E-state index contributed by atoms with van der Waals surface area (Å²) >= 11 is 13.2. The topological polar surface area (TPSA) is 79.3 Å². The molecule has 0 unspecified atom stereocenters. The lowest BCUT2D eigenvalue weighted by atomic mass is 10.0. The van der Waals surface area contributed by atoms with Crippen LogP contribution in [0.4, 0.5) is 0 Å². The highest BCUT2D eigenvalue weighted by molar-refractivity contribution is 8.26. The lowest BCUT2D eigenvalue weighted by molar-refractivity contribution is -0.122. The van der Waals surface area contributed by atoms with Gasteiger partial charge in [-0.2, -0.15) is 0 Å². The van der Waals surface area contributed by atoms with Crippen molar-refractivity contribution in [3.8, 4) is 22.6 Å². The Hall–Kier alpha value is -3.37. The highest BCUT2D eigenvalue weighted by atomic mass is 35.5. The van der Waals surface area contributed by atoms with Crippen molar-refractivity contribution in [2.24, 2.45) is 0 Å². The van der Waals surface area contributed by atoms with Gasteiger partial charge in [-0.1, -0.05) is 59.8 Å². The first-order valence-corrected chi connectivity index (χ1v) is 14.1. The summed E-state index contributed by atoms with van der Waals surface area (Å²) in [7, 11) is 5.53. The number of halogens is 1. The number of thioether (sulfide) groups is 1. The summed E-state index contributed by atoms with van der Waals surface area (Å²) in [4.78, 5) is 28.6. The molecule has 40 heavy (non-hydrogen) atoms. The number of aromatic carboxylic acids is 1. The first-order valence-electron chi connectivity index (χ1n) is 12.5. The Morgan fingerprint density at radius 2 is 1.75 bits per heavy atom. The standard InChI is InChI=1S/C30H29ClN2O5S2/c1-32(2)14-15-38-25-10-8-21(22-9-11-26(37-3)24(31)17-22)16-23(25)18-27-28(34)33(30(39)40-27)13-12-19-4-6-20(7-5-19)29(35)36/h4-11,16-18H,12-15H2,1-3H3,(H,35,36). The van der Waals surface area contributed by atoms with Crippen LogP contribution in [0.2, 0.25) is 5.02 Å². The van der Waals surface area contributed by atoms with Crippen LogP contribution in [-0.2, 0) is 11.2 Å². The molecule has 0 aromatic heterocycles. The molecule has 0 spiro atoms. The maximum atomic E-state index is 13.4. The molecular weight excluding hydrogens is 568 g/mol. The number of carbonyl (C=O) groups is 2. The van der Waals surface area contributed by atoms with Gasteiger partial charge in [0.05, 0.1) is 22.6 Å². The first kappa shape index (κ1) is 29.6. The van der Waals surface area contributed by atoms with Crippen LogP contribution < -0.4 is 9.47 Å². The van der Waals surface area contributed by atoms with Crippen LogP contribution in [0.3, 0.4) is 0 Å². The highest BCUT2D eigenvalue weighted by Crippen LogP contribution is 2.37. The average molecular weight is 597 g/mol. The van der Waals surface area contributed by atoms with Gasteiger partial charge in [0, 0.05) is 18.7 Å². The van der Waals surface area contributed by atoms with E-state index in [9.17, 15) is 9.59 Å². The number of nitrogens with zero attached hydrogens (tertiary/aromatic N) is 2. The van der Waals surface area contributed by atoms with E-state index in [0.29, 0.717) is 45.3 Å². The molecule has 208 valence electrons. The van der Waals surface area contributed by atoms with Crippen LogP contribution in [0, 0.1) is 0 Å². The van der Waals surface area contributed by atoms with Crippen LogP contribution in [0.25, 0.3) is 17.2 Å². The fraction of sp³-hybridized carbons (Fsp3) is 0.233. The fourth-order valence-electron chi connectivity index (χ4n) is 4.05. The number of rotatable bonds is 11. The number of hydrogen-bond acceptors (Lipinski definition) is 7. The average Bonchev–Trinajstić information content (AvgIpc) is 3.19. The minimum Gasteiger partial charge on any atom is -0.495 e. The zero-order valence-electron chi connectivity index (χ0n) is 22.3. The summed E-state index contributed by atoms with van der Waals surface area (Å²) < 4.78 is 11.8. The minimum absolute atomic E-state index is 0.172. The number of ether oxygens (including phenoxy) is 2. The van der Waals surface area contributed by atoms with Gasteiger partial charge in [0.15, 0.2) is 0 Å². The Kier molecular flexibility index (Phi) is 9.86. The second kappa shape index (κ2) is 13.3. The van der Waals surface area contributed by atoms with Crippen molar-refractivity contribution in [2.75, 3.05) is 40.9 Å². The number of amides is 1. The molecule has 7 nitrogen and oxygen atoms in total. The summed E-state index contributed by atoms with van der Waals surface area (Å²) in [5.74, 6) is 0.108. The molecule has 0 atom stereocenters. The third-order valence-electron chi connectivity index (χ3n) is 6.28. The van der Waals surface area contributed by atoms with Crippen LogP contribution in [-0.4, -0.2) is 72.0 Å².